The van der Waals surface area contributed by atoms with E-state index in [9.17, 15) is 28.2 Å². The molecule has 0 heterocycles. The molecule has 3 unspecified atom stereocenters. The van der Waals surface area contributed by atoms with Crippen LogP contribution < -0.4 is 0 Å². The molecule has 1 aliphatic carbocycles. The van der Waals surface area contributed by atoms with Gasteiger partial charge in [0, 0.05) is 5.56 Å². The summed E-state index contributed by atoms with van der Waals surface area (Å²) in [5, 5.41) is 20.8. The first-order chi connectivity index (χ1) is 9.80. The molecule has 2 aromatic rings. The fourth-order valence-corrected chi connectivity index (χ4v) is 2.75. The van der Waals surface area contributed by atoms with Crippen LogP contribution in [0.3, 0.4) is 0 Å². The second-order valence-corrected chi connectivity index (χ2v) is 5.11. The third-order valence-corrected chi connectivity index (χ3v) is 3.82. The van der Waals surface area contributed by atoms with Crippen LogP contribution in [0.4, 0.5) is 13.2 Å². The lowest BCUT2D eigenvalue weighted by molar-refractivity contribution is -0.221. The molecular formula is C15H11F3O3. The third kappa shape index (κ3) is 2.11. The molecule has 3 nitrogen and oxygen atoms in total. The Hall–Kier alpha value is -1.92. The molecule has 110 valence electrons. The van der Waals surface area contributed by atoms with E-state index < -0.39 is 30.1 Å². The van der Waals surface area contributed by atoms with Gasteiger partial charge in [-0.25, -0.2) is 0 Å². The number of fused-ring (bicyclic) bond motifs is 2. The standard InChI is InChI=1S/C15H11F3O3/c16-15(17,18)14(21)11-12(19)9-5-7-3-1-2-4-8(7)6-10(9)13(11)20/h1-6,11-12,14,19,21H. The molecule has 3 atom stereocenters. The van der Waals surface area contributed by atoms with Gasteiger partial charge in [-0.15, -0.1) is 0 Å². The van der Waals surface area contributed by atoms with Gasteiger partial charge in [0.2, 0.25) is 0 Å². The lowest BCUT2D eigenvalue weighted by Crippen LogP contribution is -2.40. The van der Waals surface area contributed by atoms with Gasteiger partial charge in [-0.05, 0) is 28.5 Å². The van der Waals surface area contributed by atoms with Gasteiger partial charge in [0.15, 0.2) is 11.9 Å². The Labute approximate surface area is 117 Å². The van der Waals surface area contributed by atoms with E-state index in [1.54, 1.807) is 24.3 Å². The van der Waals surface area contributed by atoms with E-state index in [4.69, 9.17) is 0 Å². The topological polar surface area (TPSA) is 57.5 Å². The Morgan fingerprint density at radius 3 is 2.24 bits per heavy atom. The Morgan fingerprint density at radius 2 is 1.67 bits per heavy atom. The van der Waals surface area contributed by atoms with E-state index in [1.807, 2.05) is 0 Å². The molecular weight excluding hydrogens is 285 g/mol. The molecule has 6 heteroatoms. The zero-order valence-electron chi connectivity index (χ0n) is 10.6. The maximum atomic E-state index is 12.6. The molecule has 1 aliphatic rings. The number of rotatable bonds is 1. The van der Waals surface area contributed by atoms with Crippen molar-refractivity contribution >= 4 is 16.6 Å². The number of benzene rings is 2. The molecule has 0 amide bonds. The van der Waals surface area contributed by atoms with Crippen LogP contribution in [0.5, 0.6) is 0 Å². The molecule has 0 spiro atoms. The predicted octanol–water partition coefficient (Wildman–Crippen LogP) is 2.61. The monoisotopic (exact) mass is 296 g/mol. The lowest BCUT2D eigenvalue weighted by atomic mass is 9.95. The number of carbonyl (C=O) groups is 1. The van der Waals surface area contributed by atoms with Crippen molar-refractivity contribution in [3.05, 3.63) is 47.5 Å². The van der Waals surface area contributed by atoms with Crippen LogP contribution >= 0.6 is 0 Å². The van der Waals surface area contributed by atoms with Gasteiger partial charge in [-0.1, -0.05) is 24.3 Å². The second kappa shape index (κ2) is 4.54. The van der Waals surface area contributed by atoms with E-state index in [0.717, 1.165) is 0 Å². The van der Waals surface area contributed by atoms with Crippen molar-refractivity contribution in [3.63, 3.8) is 0 Å². The third-order valence-electron chi connectivity index (χ3n) is 3.82. The second-order valence-electron chi connectivity index (χ2n) is 5.11. The van der Waals surface area contributed by atoms with Gasteiger partial charge in [0.05, 0.1) is 12.0 Å². The van der Waals surface area contributed by atoms with Crippen LogP contribution in [0.1, 0.15) is 22.0 Å². The SMILES string of the molecule is O=C1c2cc3ccccc3cc2C(O)C1C(O)C(F)(F)F. The highest BCUT2D eigenvalue weighted by Crippen LogP contribution is 2.43. The highest BCUT2D eigenvalue weighted by atomic mass is 19.4. The number of halogens is 3. The van der Waals surface area contributed by atoms with Crippen molar-refractivity contribution in [3.8, 4) is 0 Å². The number of carbonyl (C=O) groups excluding carboxylic acids is 1. The largest absolute Gasteiger partial charge is 0.415 e. The highest BCUT2D eigenvalue weighted by molar-refractivity contribution is 6.06. The molecule has 0 aliphatic heterocycles. The van der Waals surface area contributed by atoms with Crippen molar-refractivity contribution in [2.24, 2.45) is 5.92 Å². The van der Waals surface area contributed by atoms with Crippen molar-refractivity contribution in [1.82, 2.24) is 0 Å². The zero-order chi connectivity index (χ0) is 15.4. The van der Waals surface area contributed by atoms with Gasteiger partial charge in [-0.3, -0.25) is 4.79 Å². The summed E-state index contributed by atoms with van der Waals surface area (Å²) in [7, 11) is 0. The number of aliphatic hydroxyl groups excluding tert-OH is 2. The average molecular weight is 296 g/mol. The minimum absolute atomic E-state index is 0.0366. The van der Waals surface area contributed by atoms with E-state index in [-0.39, 0.29) is 11.1 Å². The lowest BCUT2D eigenvalue weighted by Gasteiger charge is -2.22. The Balaban J connectivity index is 2.12. The summed E-state index contributed by atoms with van der Waals surface area (Å²) in [6.45, 7) is 0. The van der Waals surface area contributed by atoms with Crippen LogP contribution in [0.25, 0.3) is 10.8 Å². The summed E-state index contributed by atoms with van der Waals surface area (Å²) in [4.78, 5) is 12.1. The average Bonchev–Trinajstić information content (AvgIpc) is 2.67. The van der Waals surface area contributed by atoms with Gasteiger partial charge >= 0.3 is 6.18 Å². The van der Waals surface area contributed by atoms with Gasteiger partial charge in [0.25, 0.3) is 0 Å². The van der Waals surface area contributed by atoms with Crippen molar-refractivity contribution in [2.45, 2.75) is 18.4 Å². The Bertz CT molecular complexity index is 724. The van der Waals surface area contributed by atoms with Gasteiger partial charge in [0.1, 0.15) is 0 Å². The number of Topliss-reactive ketones (excluding diaryl/α,β-unsaturated/α-hetero) is 1. The van der Waals surface area contributed by atoms with Crippen LogP contribution in [-0.2, 0) is 0 Å². The molecule has 0 fully saturated rings. The normalized spacial score (nSPS) is 23.4. The van der Waals surface area contributed by atoms with E-state index in [0.29, 0.717) is 10.8 Å². The van der Waals surface area contributed by atoms with Crippen LogP contribution in [0.2, 0.25) is 0 Å². The van der Waals surface area contributed by atoms with Crippen molar-refractivity contribution in [2.75, 3.05) is 0 Å². The maximum Gasteiger partial charge on any atom is 0.415 e. The molecule has 2 aromatic carbocycles. The first-order valence-corrected chi connectivity index (χ1v) is 6.30. The molecule has 0 saturated carbocycles. The number of alkyl halides is 3. The molecule has 0 aromatic heterocycles. The number of hydrogen-bond donors (Lipinski definition) is 2. The fourth-order valence-electron chi connectivity index (χ4n) is 2.75. The van der Waals surface area contributed by atoms with Gasteiger partial charge in [-0.2, -0.15) is 13.2 Å². The molecule has 0 bridgehead atoms. The van der Waals surface area contributed by atoms with Crippen LogP contribution in [0.15, 0.2) is 36.4 Å². The van der Waals surface area contributed by atoms with Crippen molar-refractivity contribution < 1.29 is 28.2 Å². The first kappa shape index (κ1) is 14.0. The summed E-state index contributed by atoms with van der Waals surface area (Å²) in [5.74, 6) is -2.79. The van der Waals surface area contributed by atoms with E-state index in [2.05, 4.69) is 0 Å². The Morgan fingerprint density at radius 1 is 1.10 bits per heavy atom. The molecule has 2 N–H and O–H groups in total. The quantitative estimate of drug-likeness (QED) is 0.850. The van der Waals surface area contributed by atoms with E-state index in [1.165, 1.54) is 12.1 Å². The summed E-state index contributed by atoms with van der Waals surface area (Å²) in [6, 6.07) is 9.91. The number of aliphatic hydroxyl groups is 2. The fraction of sp³-hybridized carbons (Fsp3) is 0.267. The highest BCUT2D eigenvalue weighted by Gasteiger charge is 2.53. The van der Waals surface area contributed by atoms with Crippen LogP contribution in [-0.4, -0.2) is 28.3 Å². The Kier molecular flexibility index (Phi) is 3.04. The van der Waals surface area contributed by atoms with Crippen molar-refractivity contribution in [1.29, 1.82) is 0 Å². The molecule has 0 saturated heterocycles. The van der Waals surface area contributed by atoms with Gasteiger partial charge < -0.3 is 10.2 Å². The minimum atomic E-state index is -4.96. The smallest absolute Gasteiger partial charge is 0.388 e. The minimum Gasteiger partial charge on any atom is -0.388 e. The maximum absolute atomic E-state index is 12.6. The molecule has 21 heavy (non-hydrogen) atoms. The number of ketones is 1. The summed E-state index contributed by atoms with van der Waals surface area (Å²) in [6.07, 6.45) is -9.49. The summed E-state index contributed by atoms with van der Waals surface area (Å²) < 4.78 is 37.9. The number of hydrogen-bond acceptors (Lipinski definition) is 3. The molecule has 0 radical (unpaired) electrons. The predicted molar refractivity (Wildman–Crippen MR) is 68.8 cm³/mol. The zero-order valence-corrected chi connectivity index (χ0v) is 10.6. The summed E-state index contributed by atoms with van der Waals surface area (Å²) in [5.41, 5.74) is 0.168. The first-order valence-electron chi connectivity index (χ1n) is 6.30. The molecule has 3 rings (SSSR count). The summed E-state index contributed by atoms with van der Waals surface area (Å²) >= 11 is 0. The van der Waals surface area contributed by atoms with E-state index >= 15 is 0 Å². The van der Waals surface area contributed by atoms with Crippen LogP contribution in [0, 0.1) is 5.92 Å².